The van der Waals surface area contributed by atoms with Gasteiger partial charge in [0, 0.05) is 12.8 Å². The Kier molecular flexibility index (Phi) is 47.8. The van der Waals surface area contributed by atoms with E-state index in [9.17, 15) is 19.0 Å². The number of carbonyl (C=O) groups excluding carboxylic acids is 2. The molecule has 0 amide bonds. The molecule has 9 nitrogen and oxygen atoms in total. The highest BCUT2D eigenvalue weighted by molar-refractivity contribution is 7.47. The Morgan fingerprint density at radius 1 is 0.455 bits per heavy atom. The number of phosphoric acid groups is 1. The quantitative estimate of drug-likeness (QED) is 0.0211. The number of esters is 2. The molecule has 0 aliphatic rings. The van der Waals surface area contributed by atoms with E-state index < -0.39 is 26.5 Å². The van der Waals surface area contributed by atoms with E-state index in [1.54, 1.807) is 0 Å². The van der Waals surface area contributed by atoms with Crippen molar-refractivity contribution in [2.24, 2.45) is 0 Å². The van der Waals surface area contributed by atoms with Gasteiger partial charge in [-0.05, 0) is 38.5 Å². The monoisotopic (exact) mass is 957 g/mol. The first-order valence-electron chi connectivity index (χ1n) is 28.4. The molecule has 66 heavy (non-hydrogen) atoms. The number of carbonyl (C=O) groups is 2. The average Bonchev–Trinajstić information content (AvgIpc) is 3.27. The van der Waals surface area contributed by atoms with Gasteiger partial charge >= 0.3 is 19.8 Å². The summed E-state index contributed by atoms with van der Waals surface area (Å²) < 4.78 is 34.6. The van der Waals surface area contributed by atoms with Crippen LogP contribution in [0.2, 0.25) is 0 Å². The Morgan fingerprint density at radius 3 is 1.12 bits per heavy atom. The van der Waals surface area contributed by atoms with Crippen molar-refractivity contribution < 1.29 is 42.1 Å². The Hall–Kier alpha value is -1.25. The van der Waals surface area contributed by atoms with Gasteiger partial charge in [-0.15, -0.1) is 0 Å². The predicted molar refractivity (Wildman–Crippen MR) is 280 cm³/mol. The van der Waals surface area contributed by atoms with Gasteiger partial charge in [-0.1, -0.05) is 244 Å². The highest BCUT2D eigenvalue weighted by Crippen LogP contribution is 2.43. The van der Waals surface area contributed by atoms with Gasteiger partial charge in [0.15, 0.2) is 6.10 Å². The first kappa shape index (κ1) is 64.8. The van der Waals surface area contributed by atoms with Crippen molar-refractivity contribution in [1.29, 1.82) is 0 Å². The zero-order valence-electron chi connectivity index (χ0n) is 44.5. The molecule has 0 spiro atoms. The number of hydrogen-bond donors (Lipinski definition) is 1. The van der Waals surface area contributed by atoms with Crippen LogP contribution < -0.4 is 0 Å². The van der Waals surface area contributed by atoms with Gasteiger partial charge in [0.25, 0.3) is 0 Å². The van der Waals surface area contributed by atoms with Crippen LogP contribution in [0.15, 0.2) is 12.2 Å². The molecule has 0 radical (unpaired) electrons. The summed E-state index contributed by atoms with van der Waals surface area (Å²) >= 11 is 0. The Bertz CT molecular complexity index is 1130. The molecule has 10 heteroatoms. The van der Waals surface area contributed by atoms with Gasteiger partial charge in [0.1, 0.15) is 19.8 Å². The van der Waals surface area contributed by atoms with Crippen molar-refractivity contribution in [2.75, 3.05) is 47.5 Å². The number of unbranched alkanes of at least 4 members (excludes halogenated alkanes) is 37. The molecule has 0 aromatic heterocycles. The summed E-state index contributed by atoms with van der Waals surface area (Å²) in [5, 5.41) is 0. The van der Waals surface area contributed by atoms with Crippen molar-refractivity contribution in [3.8, 4) is 0 Å². The van der Waals surface area contributed by atoms with Gasteiger partial charge < -0.3 is 18.9 Å². The number of ether oxygens (including phenoxy) is 2. The maximum absolute atomic E-state index is 12.8. The largest absolute Gasteiger partial charge is 0.472 e. The second-order valence-corrected chi connectivity index (χ2v) is 22.1. The number of rotatable bonds is 53. The van der Waals surface area contributed by atoms with Gasteiger partial charge in [0.05, 0.1) is 27.7 Å². The summed E-state index contributed by atoms with van der Waals surface area (Å²) in [6, 6.07) is 0. The summed E-state index contributed by atoms with van der Waals surface area (Å²) in [5.41, 5.74) is 0. The lowest BCUT2D eigenvalue weighted by molar-refractivity contribution is -0.870. The first-order valence-corrected chi connectivity index (χ1v) is 29.9. The lowest BCUT2D eigenvalue weighted by Crippen LogP contribution is -2.37. The molecular weight excluding hydrogens is 846 g/mol. The molecule has 0 saturated heterocycles. The van der Waals surface area contributed by atoms with E-state index in [-0.39, 0.29) is 25.6 Å². The maximum Gasteiger partial charge on any atom is 0.472 e. The van der Waals surface area contributed by atoms with Gasteiger partial charge in [0.2, 0.25) is 0 Å². The van der Waals surface area contributed by atoms with E-state index in [4.69, 9.17) is 18.5 Å². The molecule has 0 rings (SSSR count). The number of nitrogens with zero attached hydrogens (tertiary/aromatic N) is 1. The third-order valence-electron chi connectivity index (χ3n) is 12.8. The number of quaternary nitrogens is 1. The Morgan fingerprint density at radius 2 is 0.773 bits per heavy atom. The van der Waals surface area contributed by atoms with E-state index in [1.165, 1.54) is 218 Å². The van der Waals surface area contributed by atoms with Crippen LogP contribution in [0.4, 0.5) is 0 Å². The van der Waals surface area contributed by atoms with Gasteiger partial charge in [-0.2, -0.15) is 0 Å². The van der Waals surface area contributed by atoms with E-state index >= 15 is 0 Å². The molecular formula is C56H111NO8P+. The zero-order valence-corrected chi connectivity index (χ0v) is 45.4. The Balaban J connectivity index is 4.14. The van der Waals surface area contributed by atoms with Crippen LogP contribution in [0.25, 0.3) is 0 Å². The average molecular weight is 957 g/mol. The molecule has 2 atom stereocenters. The van der Waals surface area contributed by atoms with Crippen LogP contribution >= 0.6 is 7.82 Å². The fourth-order valence-electron chi connectivity index (χ4n) is 8.37. The van der Waals surface area contributed by atoms with Gasteiger partial charge in [-0.3, -0.25) is 18.6 Å². The minimum absolute atomic E-state index is 0.0356. The molecule has 0 heterocycles. The SMILES string of the molecule is CCCCCCCC/C=C\CCCCCCCCCCCCCC(=O)OC[C@H](COP(=O)(O)OCC[N+](C)(C)C)OC(=O)CCCCCCCCCCCCCCCCCCCCCCC. The number of likely N-dealkylation sites (N-methyl/N-ethyl adjacent to an activating group) is 1. The number of allylic oxidation sites excluding steroid dienone is 2. The normalized spacial score (nSPS) is 13.4. The summed E-state index contributed by atoms with van der Waals surface area (Å²) in [7, 11) is 1.49. The fourth-order valence-corrected chi connectivity index (χ4v) is 9.11. The molecule has 1 N–H and O–H groups in total. The molecule has 0 aromatic rings. The second kappa shape index (κ2) is 48.8. The lowest BCUT2D eigenvalue weighted by atomic mass is 10.0. The zero-order chi connectivity index (χ0) is 48.5. The number of hydrogen-bond acceptors (Lipinski definition) is 7. The van der Waals surface area contributed by atoms with E-state index in [1.807, 2.05) is 21.1 Å². The third kappa shape index (κ3) is 52.1. The lowest BCUT2D eigenvalue weighted by Gasteiger charge is -2.24. The minimum atomic E-state index is -4.38. The van der Waals surface area contributed by atoms with E-state index in [0.29, 0.717) is 17.4 Å². The van der Waals surface area contributed by atoms with Crippen molar-refractivity contribution in [1.82, 2.24) is 0 Å². The predicted octanol–water partition coefficient (Wildman–Crippen LogP) is 17.3. The fraction of sp³-hybridized carbons (Fsp3) is 0.929. The molecule has 0 bridgehead atoms. The van der Waals surface area contributed by atoms with Crippen LogP contribution in [0, 0.1) is 0 Å². The molecule has 0 aliphatic carbocycles. The second-order valence-electron chi connectivity index (χ2n) is 20.7. The number of phosphoric ester groups is 1. The van der Waals surface area contributed by atoms with Crippen LogP contribution in [0.1, 0.15) is 284 Å². The van der Waals surface area contributed by atoms with E-state index in [2.05, 4.69) is 26.0 Å². The van der Waals surface area contributed by atoms with Crippen LogP contribution in [0.3, 0.4) is 0 Å². The molecule has 0 saturated carbocycles. The highest BCUT2D eigenvalue weighted by Gasteiger charge is 2.27. The summed E-state index contributed by atoms with van der Waals surface area (Å²) in [6.07, 6.45) is 55.6. The molecule has 0 fully saturated rings. The molecule has 0 aliphatic heterocycles. The van der Waals surface area contributed by atoms with E-state index in [0.717, 1.165) is 38.5 Å². The molecule has 0 aromatic carbocycles. The smallest absolute Gasteiger partial charge is 0.462 e. The molecule has 392 valence electrons. The molecule has 1 unspecified atom stereocenters. The van der Waals surface area contributed by atoms with Gasteiger partial charge in [-0.25, -0.2) is 4.57 Å². The summed E-state index contributed by atoms with van der Waals surface area (Å²) in [5.74, 6) is -0.780. The van der Waals surface area contributed by atoms with Crippen molar-refractivity contribution in [2.45, 2.75) is 290 Å². The van der Waals surface area contributed by atoms with Crippen LogP contribution in [-0.4, -0.2) is 74.9 Å². The van der Waals surface area contributed by atoms with Crippen LogP contribution in [0.5, 0.6) is 0 Å². The standard InChI is InChI=1S/C56H110NO8P/c1-6-8-10-12-14-16-18-20-22-24-26-28-30-32-34-36-38-40-42-44-46-48-55(58)62-52-54(53-64-66(60,61)63-51-50-57(3,4)5)65-56(59)49-47-45-43-41-39-37-35-33-31-29-27-25-23-21-19-17-15-13-11-9-7-2/h20,22,54H,6-19,21,23-53H2,1-5H3/p+1/b22-20-/t54-/m1/s1. The highest BCUT2D eigenvalue weighted by atomic mass is 31.2. The Labute approximate surface area is 409 Å². The third-order valence-corrected chi connectivity index (χ3v) is 13.8. The summed E-state index contributed by atoms with van der Waals surface area (Å²) in [4.78, 5) is 35.7. The van der Waals surface area contributed by atoms with Crippen molar-refractivity contribution in [3.63, 3.8) is 0 Å². The first-order chi connectivity index (χ1) is 32.0. The topological polar surface area (TPSA) is 108 Å². The minimum Gasteiger partial charge on any atom is -0.462 e. The van der Waals surface area contributed by atoms with Crippen LogP contribution in [-0.2, 0) is 32.7 Å². The van der Waals surface area contributed by atoms with Crippen molar-refractivity contribution in [3.05, 3.63) is 12.2 Å². The van der Waals surface area contributed by atoms with Crippen molar-refractivity contribution >= 4 is 19.8 Å². The summed E-state index contributed by atoms with van der Waals surface area (Å²) in [6.45, 7) is 4.49. The maximum atomic E-state index is 12.8.